The van der Waals surface area contributed by atoms with Crippen molar-refractivity contribution in [3.8, 4) is 5.75 Å². The molecule has 1 aromatic rings. The van der Waals surface area contributed by atoms with Crippen molar-refractivity contribution in [2.75, 3.05) is 13.7 Å². The van der Waals surface area contributed by atoms with Gasteiger partial charge in [0.15, 0.2) is 11.9 Å². The Bertz CT molecular complexity index is 348. The Labute approximate surface area is 82.6 Å². The van der Waals surface area contributed by atoms with Crippen LogP contribution < -0.4 is 4.74 Å². The number of para-hydroxylation sites is 1. The second kappa shape index (κ2) is 3.42. The van der Waals surface area contributed by atoms with Crippen molar-refractivity contribution < 1.29 is 14.3 Å². The zero-order valence-corrected chi connectivity index (χ0v) is 8.03. The van der Waals surface area contributed by atoms with E-state index in [1.807, 2.05) is 24.3 Å². The molecule has 0 spiro atoms. The molecule has 1 heterocycles. The molecule has 0 aromatic heterocycles. The molecule has 0 bridgehead atoms. The van der Waals surface area contributed by atoms with Crippen molar-refractivity contribution in [1.29, 1.82) is 0 Å². The first kappa shape index (κ1) is 9.21. The molecule has 3 heteroatoms. The lowest BCUT2D eigenvalue weighted by molar-refractivity contribution is -0.132. The van der Waals surface area contributed by atoms with E-state index in [9.17, 15) is 4.79 Å². The van der Waals surface area contributed by atoms with E-state index in [1.165, 1.54) is 0 Å². The molecule has 1 atom stereocenters. The van der Waals surface area contributed by atoms with Crippen molar-refractivity contribution in [2.24, 2.45) is 0 Å². The Morgan fingerprint density at radius 2 is 2.29 bits per heavy atom. The zero-order chi connectivity index (χ0) is 10.0. The molecule has 1 aliphatic rings. The highest BCUT2D eigenvalue weighted by atomic mass is 16.5. The maximum Gasteiger partial charge on any atom is 0.156 e. The van der Waals surface area contributed by atoms with Gasteiger partial charge in [0.05, 0.1) is 6.61 Å². The second-order valence-corrected chi connectivity index (χ2v) is 3.31. The molecule has 0 aliphatic carbocycles. The normalized spacial score (nSPS) is 24.9. The lowest BCUT2D eigenvalue weighted by atomic mass is 9.89. The third kappa shape index (κ3) is 1.21. The molecule has 0 radical (unpaired) electrons. The number of carbonyl (C=O) groups excluding carboxylic acids is 1. The predicted molar refractivity (Wildman–Crippen MR) is 51.3 cm³/mol. The average molecular weight is 192 g/mol. The van der Waals surface area contributed by atoms with Gasteiger partial charge in [-0.05, 0) is 6.07 Å². The van der Waals surface area contributed by atoms with Gasteiger partial charge in [-0.3, -0.25) is 4.79 Å². The summed E-state index contributed by atoms with van der Waals surface area (Å²) in [7, 11) is 1.55. The van der Waals surface area contributed by atoms with E-state index in [0.717, 1.165) is 17.6 Å². The van der Waals surface area contributed by atoms with Gasteiger partial charge < -0.3 is 9.47 Å². The molecule has 0 saturated carbocycles. The minimum atomic E-state index is -0.811. The van der Waals surface area contributed by atoms with Crippen LogP contribution in [0.2, 0.25) is 0 Å². The van der Waals surface area contributed by atoms with Gasteiger partial charge in [-0.1, -0.05) is 18.2 Å². The number of benzene rings is 1. The van der Waals surface area contributed by atoms with Crippen LogP contribution in [0.1, 0.15) is 12.0 Å². The summed E-state index contributed by atoms with van der Waals surface area (Å²) in [5.41, 5.74) is 0.0122. The summed E-state index contributed by atoms with van der Waals surface area (Å²) >= 11 is 0. The van der Waals surface area contributed by atoms with Gasteiger partial charge in [0.2, 0.25) is 0 Å². The molecule has 0 fully saturated rings. The molecule has 1 aromatic carbocycles. The largest absolute Gasteiger partial charge is 0.493 e. The molecule has 0 saturated heterocycles. The van der Waals surface area contributed by atoms with E-state index in [0.29, 0.717) is 13.0 Å². The summed E-state index contributed by atoms with van der Waals surface area (Å²) in [4.78, 5) is 11.1. The molecule has 0 amide bonds. The second-order valence-electron chi connectivity index (χ2n) is 3.31. The van der Waals surface area contributed by atoms with Crippen LogP contribution in [0, 0.1) is 0 Å². The molecule has 1 unspecified atom stereocenters. The van der Waals surface area contributed by atoms with Crippen LogP contribution in [0.5, 0.6) is 5.75 Å². The summed E-state index contributed by atoms with van der Waals surface area (Å²) < 4.78 is 10.7. The summed E-state index contributed by atoms with van der Waals surface area (Å²) in [6.45, 7) is 0.517. The number of rotatable bonds is 2. The first-order valence-electron chi connectivity index (χ1n) is 4.56. The molecular formula is C11H12O3. The summed E-state index contributed by atoms with van der Waals surface area (Å²) in [6, 6.07) is 7.48. The Hall–Kier alpha value is -1.35. The number of hydrogen-bond acceptors (Lipinski definition) is 3. The van der Waals surface area contributed by atoms with Gasteiger partial charge in [0.1, 0.15) is 5.75 Å². The minimum Gasteiger partial charge on any atom is -0.493 e. The summed E-state index contributed by atoms with van der Waals surface area (Å²) in [5.74, 6) is 0.743. The fourth-order valence-corrected chi connectivity index (χ4v) is 1.77. The summed E-state index contributed by atoms with van der Waals surface area (Å²) in [5, 5.41) is 0. The van der Waals surface area contributed by atoms with Crippen LogP contribution in [0.25, 0.3) is 0 Å². The fourth-order valence-electron chi connectivity index (χ4n) is 1.77. The van der Waals surface area contributed by atoms with Gasteiger partial charge in [-0.15, -0.1) is 0 Å². The number of hydrogen-bond donors (Lipinski definition) is 0. The smallest absolute Gasteiger partial charge is 0.156 e. The van der Waals surface area contributed by atoms with Gasteiger partial charge in [-0.2, -0.15) is 0 Å². The Morgan fingerprint density at radius 1 is 1.50 bits per heavy atom. The van der Waals surface area contributed by atoms with Crippen LogP contribution in [0.4, 0.5) is 0 Å². The van der Waals surface area contributed by atoms with Gasteiger partial charge in [0, 0.05) is 19.1 Å². The topological polar surface area (TPSA) is 35.5 Å². The van der Waals surface area contributed by atoms with Gasteiger partial charge in [-0.25, -0.2) is 0 Å². The average Bonchev–Trinajstić information content (AvgIpc) is 2.28. The maximum absolute atomic E-state index is 11.1. The predicted octanol–water partition coefficient (Wildman–Crippen LogP) is 1.51. The standard InChI is InChI=1S/C11H12O3/c1-13-11(8-12)6-7-14-10-5-3-2-4-9(10)11/h2-5,8H,6-7H2,1H3. The number of ether oxygens (including phenoxy) is 2. The van der Waals surface area contributed by atoms with E-state index in [1.54, 1.807) is 7.11 Å². The molecule has 74 valence electrons. The Morgan fingerprint density at radius 3 is 3.00 bits per heavy atom. The molecule has 2 rings (SSSR count). The van der Waals surface area contributed by atoms with Crippen molar-refractivity contribution in [3.05, 3.63) is 29.8 Å². The first-order chi connectivity index (χ1) is 6.82. The van der Waals surface area contributed by atoms with Crippen LogP contribution >= 0.6 is 0 Å². The quantitative estimate of drug-likeness (QED) is 0.666. The molecule has 3 nitrogen and oxygen atoms in total. The number of aldehydes is 1. The van der Waals surface area contributed by atoms with E-state index in [-0.39, 0.29) is 0 Å². The highest BCUT2D eigenvalue weighted by molar-refractivity contribution is 5.69. The van der Waals surface area contributed by atoms with E-state index < -0.39 is 5.60 Å². The highest BCUT2D eigenvalue weighted by Gasteiger charge is 2.37. The Balaban J connectivity index is 2.53. The third-order valence-electron chi connectivity index (χ3n) is 2.63. The maximum atomic E-state index is 11.1. The number of fused-ring (bicyclic) bond motifs is 1. The van der Waals surface area contributed by atoms with E-state index >= 15 is 0 Å². The fraction of sp³-hybridized carbons (Fsp3) is 0.364. The van der Waals surface area contributed by atoms with Crippen LogP contribution in [0.15, 0.2) is 24.3 Å². The minimum absolute atomic E-state index is 0.517. The van der Waals surface area contributed by atoms with Gasteiger partial charge in [0.25, 0.3) is 0 Å². The monoisotopic (exact) mass is 192 g/mol. The number of methoxy groups -OCH3 is 1. The third-order valence-corrected chi connectivity index (χ3v) is 2.63. The van der Waals surface area contributed by atoms with Crippen LogP contribution in [-0.2, 0) is 15.1 Å². The van der Waals surface area contributed by atoms with Gasteiger partial charge >= 0.3 is 0 Å². The lowest BCUT2D eigenvalue weighted by Gasteiger charge is -2.32. The SMILES string of the molecule is COC1(C=O)CCOc2ccccc21. The Kier molecular flexibility index (Phi) is 2.25. The van der Waals surface area contributed by atoms with E-state index in [2.05, 4.69) is 0 Å². The van der Waals surface area contributed by atoms with E-state index in [4.69, 9.17) is 9.47 Å². The van der Waals surface area contributed by atoms with Crippen LogP contribution in [0.3, 0.4) is 0 Å². The van der Waals surface area contributed by atoms with Crippen LogP contribution in [-0.4, -0.2) is 20.0 Å². The lowest BCUT2D eigenvalue weighted by Crippen LogP contribution is -2.36. The molecule has 1 aliphatic heterocycles. The molecule has 0 N–H and O–H groups in total. The number of carbonyl (C=O) groups is 1. The zero-order valence-electron chi connectivity index (χ0n) is 8.03. The molecular weight excluding hydrogens is 180 g/mol. The van der Waals surface area contributed by atoms with Crippen molar-refractivity contribution in [1.82, 2.24) is 0 Å². The summed E-state index contributed by atoms with van der Waals surface area (Å²) in [6.07, 6.45) is 1.43. The highest BCUT2D eigenvalue weighted by Crippen LogP contribution is 2.37. The van der Waals surface area contributed by atoms with Crippen molar-refractivity contribution >= 4 is 6.29 Å². The van der Waals surface area contributed by atoms with Crippen molar-refractivity contribution in [2.45, 2.75) is 12.0 Å². The molecule has 14 heavy (non-hydrogen) atoms. The van der Waals surface area contributed by atoms with Crippen molar-refractivity contribution in [3.63, 3.8) is 0 Å². The first-order valence-corrected chi connectivity index (χ1v) is 4.56.